The first-order valence-corrected chi connectivity index (χ1v) is 5.28. The lowest BCUT2D eigenvalue weighted by molar-refractivity contribution is 0.0597. The van der Waals surface area contributed by atoms with Gasteiger partial charge in [0.1, 0.15) is 17.1 Å². The zero-order chi connectivity index (χ0) is 14.0. The van der Waals surface area contributed by atoms with Crippen LogP contribution < -0.4 is 10.5 Å². The maximum atomic E-state index is 11.5. The first kappa shape index (κ1) is 12.7. The number of aromatic hydroxyl groups is 1. The normalized spacial score (nSPS) is 10.2. The summed E-state index contributed by atoms with van der Waals surface area (Å²) in [6.45, 7) is 0. The topological polar surface area (TPSA) is 108 Å². The summed E-state index contributed by atoms with van der Waals surface area (Å²) in [6, 6.07) is 4.16. The second-order valence-electron chi connectivity index (χ2n) is 3.68. The average molecular weight is 264 g/mol. The van der Waals surface area contributed by atoms with Crippen LogP contribution in [0.3, 0.4) is 0 Å². The van der Waals surface area contributed by atoms with Crippen molar-refractivity contribution in [2.45, 2.75) is 0 Å². The number of phenols is 1. The molecular formula is C12H12N2O5. The third-order valence-electron chi connectivity index (χ3n) is 2.52. The molecule has 0 bridgehead atoms. The Morgan fingerprint density at radius 1 is 1.37 bits per heavy atom. The quantitative estimate of drug-likeness (QED) is 0.807. The molecule has 19 heavy (non-hydrogen) atoms. The number of aromatic nitrogens is 1. The van der Waals surface area contributed by atoms with Crippen LogP contribution in [0.5, 0.6) is 11.5 Å². The van der Waals surface area contributed by atoms with Crippen LogP contribution in [0.1, 0.15) is 10.4 Å². The lowest BCUT2D eigenvalue weighted by Crippen LogP contribution is -2.02. The summed E-state index contributed by atoms with van der Waals surface area (Å²) in [5, 5.41) is 13.3. The molecule has 0 aliphatic carbocycles. The Bertz CT molecular complexity index is 621. The summed E-state index contributed by atoms with van der Waals surface area (Å²) in [4.78, 5) is 11.5. The van der Waals surface area contributed by atoms with Gasteiger partial charge in [-0.25, -0.2) is 4.79 Å². The molecule has 0 amide bonds. The van der Waals surface area contributed by atoms with Gasteiger partial charge in [0.15, 0.2) is 11.6 Å². The van der Waals surface area contributed by atoms with E-state index in [1.165, 1.54) is 32.4 Å². The van der Waals surface area contributed by atoms with Crippen LogP contribution in [0.25, 0.3) is 11.3 Å². The van der Waals surface area contributed by atoms with E-state index in [-0.39, 0.29) is 17.1 Å². The van der Waals surface area contributed by atoms with E-state index in [1.54, 1.807) is 0 Å². The molecule has 0 unspecified atom stereocenters. The van der Waals surface area contributed by atoms with Gasteiger partial charge in [0.2, 0.25) is 0 Å². The molecule has 0 saturated heterocycles. The van der Waals surface area contributed by atoms with E-state index in [2.05, 4.69) is 9.89 Å². The van der Waals surface area contributed by atoms with E-state index in [1.807, 2.05) is 0 Å². The predicted octanol–water partition coefficient (Wildman–Crippen LogP) is 1.42. The van der Waals surface area contributed by atoms with Crippen molar-refractivity contribution in [3.8, 4) is 22.8 Å². The minimum atomic E-state index is -0.672. The van der Waals surface area contributed by atoms with E-state index in [0.29, 0.717) is 17.1 Å². The van der Waals surface area contributed by atoms with E-state index < -0.39 is 5.97 Å². The Morgan fingerprint density at radius 3 is 2.63 bits per heavy atom. The number of nitrogen functional groups attached to an aromatic ring is 1. The number of rotatable bonds is 3. The van der Waals surface area contributed by atoms with Crippen molar-refractivity contribution in [2.24, 2.45) is 0 Å². The molecule has 0 radical (unpaired) electrons. The second-order valence-corrected chi connectivity index (χ2v) is 3.68. The van der Waals surface area contributed by atoms with Gasteiger partial charge in [0.25, 0.3) is 0 Å². The van der Waals surface area contributed by atoms with Crippen molar-refractivity contribution in [3.63, 3.8) is 0 Å². The lowest BCUT2D eigenvalue weighted by Gasteiger charge is -2.09. The van der Waals surface area contributed by atoms with E-state index in [0.717, 1.165) is 0 Å². The molecule has 2 rings (SSSR count). The van der Waals surface area contributed by atoms with E-state index >= 15 is 0 Å². The molecule has 0 spiro atoms. The summed E-state index contributed by atoms with van der Waals surface area (Å²) in [5.74, 6) is -0.0839. The average Bonchev–Trinajstić information content (AvgIpc) is 2.83. The monoisotopic (exact) mass is 264 g/mol. The highest BCUT2D eigenvalue weighted by atomic mass is 16.5. The molecule has 3 N–H and O–H groups in total. The van der Waals surface area contributed by atoms with Crippen LogP contribution in [-0.4, -0.2) is 30.5 Å². The van der Waals surface area contributed by atoms with Crippen molar-refractivity contribution >= 4 is 11.8 Å². The molecular weight excluding hydrogens is 252 g/mol. The number of methoxy groups -OCH3 is 2. The number of hydrogen-bond donors (Lipinski definition) is 2. The Labute approximate surface area is 108 Å². The van der Waals surface area contributed by atoms with Crippen LogP contribution in [0.2, 0.25) is 0 Å². The van der Waals surface area contributed by atoms with Crippen molar-refractivity contribution < 1.29 is 23.9 Å². The van der Waals surface area contributed by atoms with Crippen molar-refractivity contribution in [2.75, 3.05) is 20.0 Å². The van der Waals surface area contributed by atoms with Crippen molar-refractivity contribution in [1.29, 1.82) is 0 Å². The molecule has 0 fully saturated rings. The number of benzene rings is 1. The number of phenolic OH excluding ortho intramolecular Hbond substituents is 1. The number of ether oxygens (including phenoxy) is 2. The summed E-state index contributed by atoms with van der Waals surface area (Å²) in [5.41, 5.74) is 5.90. The smallest absolute Gasteiger partial charge is 0.341 e. The number of carbonyl (C=O) groups is 1. The summed E-state index contributed by atoms with van der Waals surface area (Å²) in [6.07, 6.45) is 0. The van der Waals surface area contributed by atoms with Gasteiger partial charge in [-0.1, -0.05) is 5.16 Å². The first-order valence-electron chi connectivity index (χ1n) is 5.28. The van der Waals surface area contributed by atoms with Crippen LogP contribution >= 0.6 is 0 Å². The van der Waals surface area contributed by atoms with Gasteiger partial charge in [-0.3, -0.25) is 0 Å². The summed E-state index contributed by atoms with van der Waals surface area (Å²) in [7, 11) is 2.65. The lowest BCUT2D eigenvalue weighted by atomic mass is 10.1. The highest BCUT2D eigenvalue weighted by molar-refractivity contribution is 5.94. The molecule has 7 heteroatoms. The largest absolute Gasteiger partial charge is 0.507 e. The van der Waals surface area contributed by atoms with Gasteiger partial charge in [-0.05, 0) is 6.07 Å². The first-order chi connectivity index (χ1) is 9.06. The number of nitrogens with two attached hydrogens (primary N) is 1. The van der Waals surface area contributed by atoms with E-state index in [4.69, 9.17) is 15.0 Å². The molecule has 1 aromatic carbocycles. The molecule has 0 aliphatic rings. The Hall–Kier alpha value is -2.70. The maximum absolute atomic E-state index is 11.5. The highest BCUT2D eigenvalue weighted by Crippen LogP contribution is 2.36. The van der Waals surface area contributed by atoms with Gasteiger partial charge in [0.05, 0.1) is 19.8 Å². The minimum absolute atomic E-state index is 0.00623. The third kappa shape index (κ3) is 2.30. The fraction of sp³-hybridized carbons (Fsp3) is 0.167. The number of hydrogen-bond acceptors (Lipinski definition) is 7. The fourth-order valence-corrected chi connectivity index (χ4v) is 1.62. The summed E-state index contributed by atoms with van der Waals surface area (Å²) < 4.78 is 14.7. The van der Waals surface area contributed by atoms with Crippen LogP contribution in [-0.2, 0) is 4.74 Å². The molecule has 100 valence electrons. The third-order valence-corrected chi connectivity index (χ3v) is 2.52. The maximum Gasteiger partial charge on any atom is 0.341 e. The SMILES string of the molecule is COC(=O)c1cc(-c2cc(N)no2)c(OC)cc1O. The zero-order valence-electron chi connectivity index (χ0n) is 10.3. The van der Waals surface area contributed by atoms with Crippen molar-refractivity contribution in [1.82, 2.24) is 5.16 Å². The number of esters is 1. The molecule has 0 atom stereocenters. The van der Waals surface area contributed by atoms with Crippen LogP contribution in [0.4, 0.5) is 5.82 Å². The second kappa shape index (κ2) is 4.89. The van der Waals surface area contributed by atoms with Gasteiger partial charge < -0.3 is 24.8 Å². The Morgan fingerprint density at radius 2 is 2.11 bits per heavy atom. The number of carbonyl (C=O) groups excluding carboxylic acids is 1. The Balaban J connectivity index is 2.61. The molecule has 0 aliphatic heterocycles. The molecule has 2 aromatic rings. The van der Waals surface area contributed by atoms with E-state index in [9.17, 15) is 9.90 Å². The summed E-state index contributed by atoms with van der Waals surface area (Å²) >= 11 is 0. The number of anilines is 1. The zero-order valence-corrected chi connectivity index (χ0v) is 10.3. The standard InChI is InChI=1S/C12H12N2O5/c1-17-9-4-8(15)6(12(16)18-2)3-7(9)10-5-11(13)14-19-10/h3-5,15H,1-2H3,(H2,13,14). The van der Waals surface area contributed by atoms with Crippen LogP contribution in [0.15, 0.2) is 22.7 Å². The minimum Gasteiger partial charge on any atom is -0.507 e. The molecule has 1 heterocycles. The predicted molar refractivity (Wildman–Crippen MR) is 65.9 cm³/mol. The van der Waals surface area contributed by atoms with Gasteiger partial charge in [-0.15, -0.1) is 0 Å². The van der Waals surface area contributed by atoms with Crippen molar-refractivity contribution in [3.05, 3.63) is 23.8 Å². The van der Waals surface area contributed by atoms with Crippen LogP contribution in [0, 0.1) is 0 Å². The van der Waals surface area contributed by atoms with Gasteiger partial charge in [0, 0.05) is 12.1 Å². The molecule has 1 aromatic heterocycles. The number of nitrogens with zero attached hydrogens (tertiary/aromatic N) is 1. The Kier molecular flexibility index (Phi) is 3.28. The molecule has 7 nitrogen and oxygen atoms in total. The fourth-order valence-electron chi connectivity index (χ4n) is 1.62. The van der Waals surface area contributed by atoms with Gasteiger partial charge >= 0.3 is 5.97 Å². The molecule has 0 saturated carbocycles. The van der Waals surface area contributed by atoms with Gasteiger partial charge in [-0.2, -0.15) is 0 Å². The highest BCUT2D eigenvalue weighted by Gasteiger charge is 2.19.